The molecule has 0 radical (unpaired) electrons. The Bertz CT molecular complexity index is 538. The first kappa shape index (κ1) is 14.6. The van der Waals surface area contributed by atoms with Crippen molar-refractivity contribution < 1.29 is 9.13 Å². The number of aliphatic imine (C=N–C) groups is 1. The fraction of sp³-hybridized carbons (Fsp3) is 0.385. The second-order valence-corrected chi connectivity index (χ2v) is 4.89. The molecule has 1 aromatic carbocycles. The number of rotatable bonds is 2. The molecule has 1 saturated heterocycles. The average Bonchev–Trinajstić information content (AvgIpc) is 2.48. The lowest BCUT2D eigenvalue weighted by Crippen LogP contribution is -2.36. The smallest absolute Gasteiger partial charge is 0.183 e. The van der Waals surface area contributed by atoms with Gasteiger partial charge in [0.05, 0.1) is 24.6 Å². The first-order chi connectivity index (χ1) is 9.74. The van der Waals surface area contributed by atoms with Crippen molar-refractivity contribution in [1.29, 1.82) is 5.26 Å². The minimum atomic E-state index is -0.349. The van der Waals surface area contributed by atoms with Gasteiger partial charge in [0, 0.05) is 19.2 Å². The molecular formula is C13H15FN4OS. The molecule has 0 unspecified atom stereocenters. The highest BCUT2D eigenvalue weighted by atomic mass is 32.2. The summed E-state index contributed by atoms with van der Waals surface area (Å²) in [5.41, 5.74) is 1.36. The molecule has 0 amide bonds. The van der Waals surface area contributed by atoms with E-state index in [1.807, 2.05) is 6.19 Å². The van der Waals surface area contributed by atoms with Gasteiger partial charge in [-0.15, -0.1) is 0 Å². The van der Waals surface area contributed by atoms with Crippen molar-refractivity contribution in [3.63, 3.8) is 0 Å². The maximum atomic E-state index is 13.4. The molecule has 1 N–H and O–H groups in total. The first-order valence-corrected chi connectivity index (χ1v) is 7.37. The summed E-state index contributed by atoms with van der Waals surface area (Å²) < 4.78 is 18.8. The number of nitriles is 1. The normalized spacial score (nSPS) is 15.8. The Hall–Kier alpha value is -1.78. The molecule has 1 fully saturated rings. The van der Waals surface area contributed by atoms with Gasteiger partial charge in [0.15, 0.2) is 11.4 Å². The lowest BCUT2D eigenvalue weighted by Gasteiger charge is -2.29. The van der Waals surface area contributed by atoms with Gasteiger partial charge >= 0.3 is 0 Å². The van der Waals surface area contributed by atoms with Crippen molar-refractivity contribution >= 4 is 28.3 Å². The summed E-state index contributed by atoms with van der Waals surface area (Å²) >= 11 is 1.30. The van der Waals surface area contributed by atoms with Crippen molar-refractivity contribution in [1.82, 2.24) is 5.32 Å². The van der Waals surface area contributed by atoms with E-state index in [2.05, 4.69) is 15.2 Å². The van der Waals surface area contributed by atoms with Crippen molar-refractivity contribution in [3.05, 3.63) is 24.0 Å². The summed E-state index contributed by atoms with van der Waals surface area (Å²) in [5.74, 6) is -0.349. The lowest BCUT2D eigenvalue weighted by atomic mass is 10.2. The van der Waals surface area contributed by atoms with Crippen molar-refractivity contribution in [2.24, 2.45) is 4.99 Å². The Morgan fingerprint density at radius 3 is 2.90 bits per heavy atom. The van der Waals surface area contributed by atoms with Crippen LogP contribution >= 0.6 is 11.8 Å². The SMILES string of the molecule is CSC(=Nc1cc(F)ccc1N1CCOCC1)NC#N. The van der Waals surface area contributed by atoms with E-state index in [0.717, 1.165) is 18.8 Å². The monoisotopic (exact) mass is 294 g/mol. The Labute approximate surface area is 121 Å². The third-order valence-electron chi connectivity index (χ3n) is 2.87. The highest BCUT2D eigenvalue weighted by Gasteiger charge is 2.15. The number of halogens is 1. The summed E-state index contributed by atoms with van der Waals surface area (Å²) in [6, 6.07) is 4.50. The number of anilines is 1. The standard InChI is InChI=1S/C13H15FN4OS/c1-20-13(16-9-15)17-11-8-10(14)2-3-12(11)18-4-6-19-7-5-18/h2-3,8H,4-7H2,1H3,(H,16,17). The van der Waals surface area contributed by atoms with E-state index in [1.165, 1.54) is 23.9 Å². The molecule has 1 aliphatic heterocycles. The lowest BCUT2D eigenvalue weighted by molar-refractivity contribution is 0.123. The molecule has 0 aliphatic carbocycles. The molecule has 5 nitrogen and oxygen atoms in total. The van der Waals surface area contributed by atoms with E-state index >= 15 is 0 Å². The zero-order chi connectivity index (χ0) is 14.4. The minimum absolute atomic E-state index is 0.349. The molecule has 106 valence electrons. The number of hydrogen-bond donors (Lipinski definition) is 1. The molecule has 20 heavy (non-hydrogen) atoms. The maximum Gasteiger partial charge on any atom is 0.183 e. The summed E-state index contributed by atoms with van der Waals surface area (Å²) in [6.45, 7) is 2.78. The predicted molar refractivity (Wildman–Crippen MR) is 78.8 cm³/mol. The Kier molecular flexibility index (Phi) is 5.21. The van der Waals surface area contributed by atoms with E-state index in [0.29, 0.717) is 24.1 Å². The van der Waals surface area contributed by atoms with Crippen molar-refractivity contribution in [2.45, 2.75) is 0 Å². The Morgan fingerprint density at radius 2 is 2.25 bits per heavy atom. The summed E-state index contributed by atoms with van der Waals surface area (Å²) in [6.07, 6.45) is 3.63. The van der Waals surface area contributed by atoms with Gasteiger partial charge in [-0.2, -0.15) is 5.26 Å². The molecule has 0 saturated carbocycles. The maximum absolute atomic E-state index is 13.4. The molecular weight excluding hydrogens is 279 g/mol. The van der Waals surface area contributed by atoms with E-state index in [4.69, 9.17) is 10.00 Å². The molecule has 0 atom stereocenters. The molecule has 0 bridgehead atoms. The molecule has 0 aromatic heterocycles. The molecule has 0 spiro atoms. The van der Waals surface area contributed by atoms with E-state index in [-0.39, 0.29) is 5.82 Å². The highest BCUT2D eigenvalue weighted by Crippen LogP contribution is 2.30. The van der Waals surface area contributed by atoms with Gasteiger partial charge < -0.3 is 9.64 Å². The second kappa shape index (κ2) is 7.12. The molecule has 1 aliphatic rings. The van der Waals surface area contributed by atoms with Gasteiger partial charge in [-0.05, 0) is 18.4 Å². The third-order valence-corrected chi connectivity index (χ3v) is 3.45. The predicted octanol–water partition coefficient (Wildman–Crippen LogP) is 2.08. The summed E-state index contributed by atoms with van der Waals surface area (Å²) in [5, 5.41) is 11.6. The largest absolute Gasteiger partial charge is 0.378 e. The van der Waals surface area contributed by atoms with E-state index in [1.54, 1.807) is 12.3 Å². The van der Waals surface area contributed by atoms with Crippen LogP contribution in [0.4, 0.5) is 15.8 Å². The second-order valence-electron chi connectivity index (χ2n) is 4.09. The van der Waals surface area contributed by atoms with E-state index in [9.17, 15) is 4.39 Å². The quantitative estimate of drug-likeness (QED) is 0.392. The fourth-order valence-electron chi connectivity index (χ4n) is 1.94. The van der Waals surface area contributed by atoms with Crippen LogP contribution in [0.25, 0.3) is 0 Å². The molecule has 1 heterocycles. The topological polar surface area (TPSA) is 60.6 Å². The van der Waals surface area contributed by atoms with Crippen LogP contribution in [0, 0.1) is 17.3 Å². The van der Waals surface area contributed by atoms with Crippen LogP contribution in [0.15, 0.2) is 23.2 Å². The fourth-order valence-corrected chi connectivity index (χ4v) is 2.28. The number of ether oxygens (including phenoxy) is 1. The average molecular weight is 294 g/mol. The number of benzene rings is 1. The van der Waals surface area contributed by atoms with Gasteiger partial charge in [-0.3, -0.25) is 5.32 Å². The minimum Gasteiger partial charge on any atom is -0.378 e. The van der Waals surface area contributed by atoms with Gasteiger partial charge in [-0.1, -0.05) is 11.8 Å². The number of thioether (sulfide) groups is 1. The Morgan fingerprint density at radius 1 is 1.50 bits per heavy atom. The van der Waals surface area contributed by atoms with Crippen LogP contribution in [0.1, 0.15) is 0 Å². The van der Waals surface area contributed by atoms with Gasteiger partial charge in [0.25, 0.3) is 0 Å². The van der Waals surface area contributed by atoms with Crippen LogP contribution in [0.5, 0.6) is 0 Å². The number of nitrogens with one attached hydrogen (secondary N) is 1. The zero-order valence-corrected chi connectivity index (χ0v) is 11.9. The van der Waals surface area contributed by atoms with Crippen LogP contribution in [-0.2, 0) is 4.74 Å². The van der Waals surface area contributed by atoms with Crippen LogP contribution in [0.2, 0.25) is 0 Å². The van der Waals surface area contributed by atoms with Gasteiger partial charge in [0.2, 0.25) is 0 Å². The van der Waals surface area contributed by atoms with Gasteiger partial charge in [0.1, 0.15) is 5.82 Å². The Balaban J connectivity index is 2.34. The summed E-state index contributed by atoms with van der Waals surface area (Å²) in [7, 11) is 0. The van der Waals surface area contributed by atoms with Crippen LogP contribution in [-0.4, -0.2) is 37.7 Å². The van der Waals surface area contributed by atoms with Crippen molar-refractivity contribution in [2.75, 3.05) is 37.5 Å². The summed E-state index contributed by atoms with van der Waals surface area (Å²) in [4.78, 5) is 6.43. The highest BCUT2D eigenvalue weighted by molar-refractivity contribution is 8.13. The van der Waals surface area contributed by atoms with E-state index < -0.39 is 0 Å². The van der Waals surface area contributed by atoms with Crippen molar-refractivity contribution in [3.8, 4) is 6.19 Å². The van der Waals surface area contributed by atoms with Crippen LogP contribution < -0.4 is 10.2 Å². The number of amidine groups is 1. The number of nitrogens with zero attached hydrogens (tertiary/aromatic N) is 3. The molecule has 1 aromatic rings. The zero-order valence-electron chi connectivity index (χ0n) is 11.1. The molecule has 7 heteroatoms. The first-order valence-electron chi connectivity index (χ1n) is 6.14. The third kappa shape index (κ3) is 3.62. The van der Waals surface area contributed by atoms with Gasteiger partial charge in [-0.25, -0.2) is 9.38 Å². The number of hydrogen-bond acceptors (Lipinski definition) is 5. The van der Waals surface area contributed by atoms with Crippen LogP contribution in [0.3, 0.4) is 0 Å². The number of morpholine rings is 1. The molecule has 2 rings (SSSR count).